The molecule has 8 heteroatoms. The van der Waals surface area contributed by atoms with Crippen LogP contribution in [0.5, 0.6) is 0 Å². The van der Waals surface area contributed by atoms with Crippen molar-refractivity contribution in [3.63, 3.8) is 0 Å². The Kier molecular flexibility index (Phi) is 2570. The van der Waals surface area contributed by atoms with Gasteiger partial charge in [-0.3, -0.25) is 0 Å². The summed E-state index contributed by atoms with van der Waals surface area (Å²) < 4.78 is 0. The van der Waals surface area contributed by atoms with Crippen molar-refractivity contribution in [1.82, 2.24) is 5.32 Å². The molecule has 0 aromatic carbocycles. The van der Waals surface area contributed by atoms with Crippen molar-refractivity contribution in [2.75, 3.05) is 26.9 Å². The Bertz CT molecular complexity index is 43.1. The summed E-state index contributed by atoms with van der Waals surface area (Å²) in [4.78, 5) is 0. The molecule has 6 nitrogen and oxygen atoms in total. The predicted octanol–water partition coefficient (Wildman–Crippen LogP) is 6.03. The SMILES string of the molecule is C.C.CC.CC.CC.CC.CCN.CNC[NH-].NCN.[CH3-].[CH3-].[NH2-].[V+2].[W+2]. The van der Waals surface area contributed by atoms with Crippen LogP contribution in [0.1, 0.15) is 77.2 Å². The smallest absolute Gasteiger partial charge is 0.693 e. The third-order valence-corrected chi connectivity index (χ3v) is 0.177. The van der Waals surface area contributed by atoms with E-state index in [-0.39, 0.29) is 82.1 Å². The van der Waals surface area contributed by atoms with E-state index in [2.05, 4.69) is 16.8 Å². The molecule has 10 N–H and O–H groups in total. The van der Waals surface area contributed by atoms with Crippen molar-refractivity contribution >= 4 is 0 Å². The van der Waals surface area contributed by atoms with Gasteiger partial charge in [-0.15, -0.1) is 6.67 Å². The molecular formula is C17H60N6VW. The van der Waals surface area contributed by atoms with Crippen LogP contribution in [0.3, 0.4) is 0 Å². The molecule has 0 aromatic heterocycles. The predicted molar refractivity (Wildman–Crippen MR) is 123 cm³/mol. The normalized spacial score (nSPS) is 3.60. The maximum absolute atomic E-state index is 6.34. The van der Waals surface area contributed by atoms with E-state index in [0.717, 1.165) is 6.54 Å². The maximum Gasteiger partial charge on any atom is 2.00 e. The topological polar surface area (TPSA) is 147 Å². The Labute approximate surface area is 192 Å². The van der Waals surface area contributed by atoms with E-state index in [1.54, 1.807) is 7.05 Å². The fraction of sp³-hybridized carbons (Fsp3) is 0.882. The molecule has 0 atom stereocenters. The van der Waals surface area contributed by atoms with Crippen molar-refractivity contribution in [3.8, 4) is 0 Å². The van der Waals surface area contributed by atoms with Gasteiger partial charge in [0, 0.05) is 6.67 Å². The second-order valence-electron chi connectivity index (χ2n) is 1.17. The molecule has 0 aliphatic rings. The van der Waals surface area contributed by atoms with E-state index in [9.17, 15) is 0 Å². The van der Waals surface area contributed by atoms with Gasteiger partial charge in [0.05, 0.1) is 0 Å². The molecule has 0 fully saturated rings. The van der Waals surface area contributed by atoms with Crippen molar-refractivity contribution < 1.29 is 39.6 Å². The molecule has 25 heavy (non-hydrogen) atoms. The summed E-state index contributed by atoms with van der Waals surface area (Å²) in [5, 5.41) is 2.60. The van der Waals surface area contributed by atoms with Crippen molar-refractivity contribution in [2.24, 2.45) is 17.2 Å². The van der Waals surface area contributed by atoms with Crippen LogP contribution in [0.15, 0.2) is 0 Å². The summed E-state index contributed by atoms with van der Waals surface area (Å²) >= 11 is 0. The Morgan fingerprint density at radius 3 is 0.800 bits per heavy atom. The van der Waals surface area contributed by atoms with Crippen molar-refractivity contribution in [2.45, 2.75) is 77.2 Å². The third-order valence-electron chi connectivity index (χ3n) is 0.177. The number of hydrogen-bond acceptors (Lipinski definition) is 4. The average Bonchev–Trinajstić information content (AvgIpc) is 2.49. The Hall–Kier alpha value is 1.03. The number of nitrogens with two attached hydrogens (primary N) is 4. The minimum absolute atomic E-state index is 0. The van der Waals surface area contributed by atoms with Crippen LogP contribution in [-0.2, 0) is 39.6 Å². The molecule has 0 spiro atoms. The van der Waals surface area contributed by atoms with E-state index in [4.69, 9.17) is 11.5 Å². The van der Waals surface area contributed by atoms with Gasteiger partial charge in [0.1, 0.15) is 0 Å². The van der Waals surface area contributed by atoms with E-state index < -0.39 is 0 Å². The fourth-order valence-electron chi connectivity index (χ4n) is 0. The average molecular weight is 583 g/mol. The molecule has 0 saturated heterocycles. The molecular weight excluding hydrogens is 523 g/mol. The van der Waals surface area contributed by atoms with Crippen LogP contribution in [0, 0.1) is 14.9 Å². The maximum atomic E-state index is 6.34. The zero-order chi connectivity index (χ0) is 16.8. The van der Waals surface area contributed by atoms with Gasteiger partial charge >= 0.3 is 39.6 Å². The number of rotatable bonds is 1. The van der Waals surface area contributed by atoms with E-state index in [0.29, 0.717) is 6.67 Å². The van der Waals surface area contributed by atoms with Crippen LogP contribution < -0.4 is 22.5 Å². The van der Waals surface area contributed by atoms with Gasteiger partial charge in [0.25, 0.3) is 0 Å². The number of nitrogens with one attached hydrogen (secondary N) is 2. The molecule has 0 aliphatic heterocycles. The number of hydrogen-bond donors (Lipinski definition) is 4. The monoisotopic (exact) mass is 583 g/mol. The molecule has 0 aliphatic carbocycles. The standard InChI is InChI=1S/C2H7N2.C2H7N.4C2H6.CH6N2.2CH4.2CH3.H2N.V.W/c1-4-2-3;1-2-3;4*1-2;2-1-3;;;;;;;/h3-4H,2H2,1H3;2-3H2,1H3;4*1-2H3;1-3H2;2*1H4;2*1H3;1H2;;/q-1;;;;;;;;;3*-1;2*+2. The summed E-state index contributed by atoms with van der Waals surface area (Å²) in [5.74, 6) is 0. The molecule has 0 unspecified atom stereocenters. The minimum Gasteiger partial charge on any atom is -0.693 e. The fourth-order valence-corrected chi connectivity index (χ4v) is 0. The molecule has 0 amide bonds. The van der Waals surface area contributed by atoms with E-state index in [1.807, 2.05) is 62.3 Å². The molecule has 0 rings (SSSR count). The molecule has 0 saturated carbocycles. The van der Waals surface area contributed by atoms with Gasteiger partial charge in [0.15, 0.2) is 0 Å². The first-order valence-corrected chi connectivity index (χ1v) is 7.14. The van der Waals surface area contributed by atoms with Crippen molar-refractivity contribution in [3.05, 3.63) is 26.7 Å². The van der Waals surface area contributed by atoms with Crippen LogP contribution in [0.2, 0.25) is 0 Å². The van der Waals surface area contributed by atoms with Gasteiger partial charge in [-0.1, -0.05) is 77.2 Å². The second-order valence-corrected chi connectivity index (χ2v) is 1.17. The quantitative estimate of drug-likeness (QED) is 0.220. The third kappa shape index (κ3) is 3210. The summed E-state index contributed by atoms with van der Waals surface area (Å²) in [6.07, 6.45) is 0. The Morgan fingerprint density at radius 2 is 0.800 bits per heavy atom. The molecule has 0 aromatic rings. The summed E-state index contributed by atoms with van der Waals surface area (Å²) in [6.45, 7) is 19.2. The zero-order valence-electron chi connectivity index (χ0n) is 18.3. The van der Waals surface area contributed by atoms with Crippen LogP contribution in [0.4, 0.5) is 0 Å². The van der Waals surface area contributed by atoms with Gasteiger partial charge in [0.2, 0.25) is 0 Å². The Morgan fingerprint density at radius 1 is 0.760 bits per heavy atom. The molecule has 1 radical (unpaired) electrons. The van der Waals surface area contributed by atoms with Gasteiger partial charge in [-0.05, 0) is 13.6 Å². The summed E-state index contributed by atoms with van der Waals surface area (Å²) in [6, 6.07) is 0. The van der Waals surface area contributed by atoms with Crippen LogP contribution in [0.25, 0.3) is 11.9 Å². The van der Waals surface area contributed by atoms with Gasteiger partial charge in [-0.25, -0.2) is 0 Å². The first-order valence-electron chi connectivity index (χ1n) is 7.14. The molecule has 0 bridgehead atoms. The van der Waals surface area contributed by atoms with Crippen LogP contribution >= 0.6 is 0 Å². The zero-order valence-corrected chi connectivity index (χ0v) is 22.6. The first kappa shape index (κ1) is 113. The van der Waals surface area contributed by atoms with Gasteiger partial charge < -0.3 is 49.3 Å². The molecule has 169 valence electrons. The summed E-state index contributed by atoms with van der Waals surface area (Å²) in [5.41, 5.74) is 20.4. The van der Waals surface area contributed by atoms with Crippen LogP contribution in [-0.4, -0.2) is 26.9 Å². The summed E-state index contributed by atoms with van der Waals surface area (Å²) in [7, 11) is 1.74. The second kappa shape index (κ2) is 571. The Balaban J connectivity index is -0.00000000457. The van der Waals surface area contributed by atoms with E-state index in [1.165, 1.54) is 0 Å². The van der Waals surface area contributed by atoms with Crippen molar-refractivity contribution in [1.29, 1.82) is 0 Å². The van der Waals surface area contributed by atoms with Gasteiger partial charge in [-0.2, -0.15) is 0 Å². The largest absolute Gasteiger partial charge is 2.00 e. The first-order chi connectivity index (χ1) is 8.74. The van der Waals surface area contributed by atoms with E-state index >= 15 is 0 Å². The molecule has 0 heterocycles. The minimum atomic E-state index is 0.